The van der Waals surface area contributed by atoms with E-state index in [4.69, 9.17) is 5.26 Å². The first kappa shape index (κ1) is 17.3. The molecule has 0 aromatic rings. The Hall–Kier alpha value is -2.10. The van der Waals surface area contributed by atoms with Gasteiger partial charge in [-0.15, -0.1) is 0 Å². The topological polar surface area (TPSA) is 93.5 Å². The molecule has 3 amide bonds. The molecule has 1 unspecified atom stereocenters. The Labute approximate surface area is 136 Å². The standard InChI is InChI=1S/C16H24N4O3/c1-11(2)20-10-12(9-15(20)22)16(23)18-13-4-7-19(8-5-13)14(21)3-6-17/h11-13H,3-5,7-10H2,1-2H3,(H,18,23). The van der Waals surface area contributed by atoms with E-state index in [0.29, 0.717) is 32.5 Å². The minimum atomic E-state index is -0.275. The lowest BCUT2D eigenvalue weighted by molar-refractivity contribution is -0.132. The van der Waals surface area contributed by atoms with Gasteiger partial charge in [-0.2, -0.15) is 5.26 Å². The van der Waals surface area contributed by atoms with Crippen LogP contribution in [-0.4, -0.2) is 59.2 Å². The van der Waals surface area contributed by atoms with Gasteiger partial charge in [0.2, 0.25) is 17.7 Å². The highest BCUT2D eigenvalue weighted by atomic mass is 16.2. The van der Waals surface area contributed by atoms with E-state index in [0.717, 1.165) is 0 Å². The average Bonchev–Trinajstić information content (AvgIpc) is 2.90. The number of likely N-dealkylation sites (tertiary alicyclic amines) is 2. The van der Waals surface area contributed by atoms with Gasteiger partial charge in [0.15, 0.2) is 0 Å². The third-order valence-corrected chi connectivity index (χ3v) is 4.58. The molecule has 1 N–H and O–H groups in total. The maximum atomic E-state index is 12.3. The number of nitrogens with one attached hydrogen (secondary N) is 1. The fraction of sp³-hybridized carbons (Fsp3) is 0.750. The molecule has 126 valence electrons. The van der Waals surface area contributed by atoms with Crippen molar-refractivity contribution in [2.24, 2.45) is 5.92 Å². The number of carbonyl (C=O) groups excluding carboxylic acids is 3. The summed E-state index contributed by atoms with van der Waals surface area (Å²) in [6, 6.07) is 2.02. The van der Waals surface area contributed by atoms with Gasteiger partial charge in [0.1, 0.15) is 6.42 Å². The highest BCUT2D eigenvalue weighted by Crippen LogP contribution is 2.21. The number of nitriles is 1. The fourth-order valence-electron chi connectivity index (χ4n) is 3.18. The van der Waals surface area contributed by atoms with Crippen molar-refractivity contribution in [3.8, 4) is 6.07 Å². The number of piperidine rings is 1. The molecule has 0 aromatic carbocycles. The van der Waals surface area contributed by atoms with Gasteiger partial charge in [-0.05, 0) is 26.7 Å². The largest absolute Gasteiger partial charge is 0.353 e. The van der Waals surface area contributed by atoms with Gasteiger partial charge in [0.25, 0.3) is 0 Å². The van der Waals surface area contributed by atoms with Gasteiger partial charge in [-0.3, -0.25) is 14.4 Å². The SMILES string of the molecule is CC(C)N1CC(C(=O)NC2CCN(C(=O)CC#N)CC2)CC1=O. The Morgan fingerprint density at radius 2 is 2.00 bits per heavy atom. The summed E-state index contributed by atoms with van der Waals surface area (Å²) in [5.41, 5.74) is 0. The number of amides is 3. The van der Waals surface area contributed by atoms with Crippen molar-refractivity contribution >= 4 is 17.7 Å². The number of hydrogen-bond donors (Lipinski definition) is 1. The Balaban J connectivity index is 1.79. The molecule has 23 heavy (non-hydrogen) atoms. The molecule has 0 bridgehead atoms. The van der Waals surface area contributed by atoms with E-state index in [2.05, 4.69) is 5.32 Å². The van der Waals surface area contributed by atoms with Crippen molar-refractivity contribution in [1.29, 1.82) is 5.26 Å². The third-order valence-electron chi connectivity index (χ3n) is 4.58. The van der Waals surface area contributed by atoms with Crippen LogP contribution in [0.1, 0.15) is 39.5 Å². The van der Waals surface area contributed by atoms with Crippen LogP contribution in [-0.2, 0) is 14.4 Å². The fourth-order valence-corrected chi connectivity index (χ4v) is 3.18. The van der Waals surface area contributed by atoms with E-state index in [1.165, 1.54) is 0 Å². The monoisotopic (exact) mass is 320 g/mol. The second-order valence-corrected chi connectivity index (χ2v) is 6.54. The van der Waals surface area contributed by atoms with Crippen molar-refractivity contribution < 1.29 is 14.4 Å². The molecule has 2 heterocycles. The third kappa shape index (κ3) is 4.21. The van der Waals surface area contributed by atoms with Crippen molar-refractivity contribution in [2.45, 2.75) is 51.6 Å². The molecular formula is C16H24N4O3. The van der Waals surface area contributed by atoms with Crippen LogP contribution in [0.5, 0.6) is 0 Å². The Morgan fingerprint density at radius 3 is 2.52 bits per heavy atom. The summed E-state index contributed by atoms with van der Waals surface area (Å²) < 4.78 is 0. The minimum absolute atomic E-state index is 0.0387. The van der Waals surface area contributed by atoms with Crippen molar-refractivity contribution in [3.05, 3.63) is 0 Å². The molecule has 2 aliphatic rings. The molecule has 0 spiro atoms. The van der Waals surface area contributed by atoms with E-state index < -0.39 is 0 Å². The van der Waals surface area contributed by atoms with Gasteiger partial charge in [-0.25, -0.2) is 0 Å². The Morgan fingerprint density at radius 1 is 1.35 bits per heavy atom. The minimum Gasteiger partial charge on any atom is -0.353 e. The first-order chi connectivity index (χ1) is 10.9. The molecule has 2 fully saturated rings. The first-order valence-electron chi connectivity index (χ1n) is 8.17. The van der Waals surface area contributed by atoms with Gasteiger partial charge < -0.3 is 15.1 Å². The second-order valence-electron chi connectivity index (χ2n) is 6.54. The maximum Gasteiger partial charge on any atom is 0.236 e. The molecular weight excluding hydrogens is 296 g/mol. The van der Waals surface area contributed by atoms with Crippen LogP contribution in [0.2, 0.25) is 0 Å². The summed E-state index contributed by atoms with van der Waals surface area (Å²) in [7, 11) is 0. The van der Waals surface area contributed by atoms with Gasteiger partial charge in [0, 0.05) is 38.1 Å². The van der Waals surface area contributed by atoms with Crippen LogP contribution in [0.3, 0.4) is 0 Å². The lowest BCUT2D eigenvalue weighted by Gasteiger charge is -2.32. The van der Waals surface area contributed by atoms with Crippen LogP contribution in [0, 0.1) is 17.2 Å². The molecule has 2 saturated heterocycles. The number of hydrogen-bond acceptors (Lipinski definition) is 4. The van der Waals surface area contributed by atoms with E-state index in [1.54, 1.807) is 9.80 Å². The lowest BCUT2D eigenvalue weighted by Crippen LogP contribution is -2.48. The van der Waals surface area contributed by atoms with Crippen LogP contribution in [0.25, 0.3) is 0 Å². The van der Waals surface area contributed by atoms with E-state index in [9.17, 15) is 14.4 Å². The number of nitrogens with zero attached hydrogens (tertiary/aromatic N) is 3. The van der Waals surface area contributed by atoms with Crippen LogP contribution in [0.15, 0.2) is 0 Å². The predicted octanol–water partition coefficient (Wildman–Crippen LogP) is 0.264. The first-order valence-corrected chi connectivity index (χ1v) is 8.17. The molecule has 2 rings (SSSR count). The molecule has 0 saturated carbocycles. The second kappa shape index (κ2) is 7.44. The smallest absolute Gasteiger partial charge is 0.236 e. The van der Waals surface area contributed by atoms with Crippen LogP contribution < -0.4 is 5.32 Å². The summed E-state index contributed by atoms with van der Waals surface area (Å²) in [6.45, 7) is 5.51. The highest BCUT2D eigenvalue weighted by molar-refractivity contribution is 5.89. The zero-order valence-electron chi connectivity index (χ0n) is 13.7. The quantitative estimate of drug-likeness (QED) is 0.804. The summed E-state index contributed by atoms with van der Waals surface area (Å²) >= 11 is 0. The van der Waals surface area contributed by atoms with Crippen molar-refractivity contribution in [3.63, 3.8) is 0 Å². The zero-order valence-corrected chi connectivity index (χ0v) is 13.7. The lowest BCUT2D eigenvalue weighted by atomic mass is 10.0. The average molecular weight is 320 g/mol. The molecule has 0 radical (unpaired) electrons. The molecule has 2 aliphatic heterocycles. The van der Waals surface area contributed by atoms with E-state index >= 15 is 0 Å². The molecule has 1 atom stereocenters. The predicted molar refractivity (Wildman–Crippen MR) is 82.9 cm³/mol. The van der Waals surface area contributed by atoms with E-state index in [1.807, 2.05) is 19.9 Å². The molecule has 0 aromatic heterocycles. The van der Waals surface area contributed by atoms with Crippen molar-refractivity contribution in [2.75, 3.05) is 19.6 Å². The van der Waals surface area contributed by atoms with Crippen LogP contribution in [0.4, 0.5) is 0 Å². The highest BCUT2D eigenvalue weighted by Gasteiger charge is 2.36. The summed E-state index contributed by atoms with van der Waals surface area (Å²) in [5, 5.41) is 11.6. The zero-order chi connectivity index (χ0) is 17.0. The number of carbonyl (C=O) groups is 3. The molecule has 0 aliphatic carbocycles. The molecule has 7 nitrogen and oxygen atoms in total. The summed E-state index contributed by atoms with van der Waals surface area (Å²) in [5.74, 6) is -0.449. The normalized spacial score (nSPS) is 22.3. The van der Waals surface area contributed by atoms with Gasteiger partial charge >= 0.3 is 0 Å². The van der Waals surface area contributed by atoms with Crippen LogP contribution >= 0.6 is 0 Å². The van der Waals surface area contributed by atoms with Gasteiger partial charge in [-0.1, -0.05) is 0 Å². The van der Waals surface area contributed by atoms with E-state index in [-0.39, 0.29) is 48.6 Å². The van der Waals surface area contributed by atoms with Crippen molar-refractivity contribution in [1.82, 2.24) is 15.1 Å². The Kier molecular flexibility index (Phi) is 5.59. The molecule has 7 heteroatoms. The number of rotatable bonds is 4. The Bertz CT molecular complexity index is 518. The summed E-state index contributed by atoms with van der Waals surface area (Å²) in [6.07, 6.45) is 1.57. The van der Waals surface area contributed by atoms with Gasteiger partial charge in [0.05, 0.1) is 12.0 Å². The maximum absolute atomic E-state index is 12.3. The summed E-state index contributed by atoms with van der Waals surface area (Å²) in [4.78, 5) is 39.3.